The molecule has 0 spiro atoms. The molecule has 1 aliphatic heterocycles. The fraction of sp³-hybridized carbons (Fsp3) is 0.0625. The molecule has 0 amide bonds. The van der Waals surface area contributed by atoms with Gasteiger partial charge in [0.15, 0.2) is 0 Å². The van der Waals surface area contributed by atoms with Gasteiger partial charge in [0.1, 0.15) is 6.17 Å². The lowest BCUT2D eigenvalue weighted by molar-refractivity contribution is 0.825. The smallest absolute Gasteiger partial charge is 0.130 e. The zero-order chi connectivity index (χ0) is 23.6. The molecular formula is C32H27N3. The third-order valence-electron chi connectivity index (χ3n) is 6.58. The molecule has 0 fully saturated rings. The summed E-state index contributed by atoms with van der Waals surface area (Å²) in [7, 11) is 0. The first-order valence-electron chi connectivity index (χ1n) is 12.0. The topological polar surface area (TPSA) is 18.5 Å². The van der Waals surface area contributed by atoms with Crippen LogP contribution in [0, 0.1) is 6.92 Å². The van der Waals surface area contributed by atoms with Crippen molar-refractivity contribution in [1.82, 2.24) is 0 Å². The van der Waals surface area contributed by atoms with E-state index in [1.54, 1.807) is 0 Å². The summed E-state index contributed by atoms with van der Waals surface area (Å²) in [4.78, 5) is 4.70. The lowest BCUT2D eigenvalue weighted by Crippen LogP contribution is -2.24. The van der Waals surface area contributed by atoms with Gasteiger partial charge < -0.3 is 15.1 Å². The van der Waals surface area contributed by atoms with Crippen LogP contribution in [0.15, 0.2) is 133 Å². The summed E-state index contributed by atoms with van der Waals surface area (Å²) < 4.78 is 0. The second kappa shape index (κ2) is 9.03. The van der Waals surface area contributed by atoms with Gasteiger partial charge in [0.05, 0.1) is 11.4 Å². The molecule has 5 aromatic carbocycles. The average Bonchev–Trinajstić information content (AvgIpc) is 3.30. The minimum Gasteiger partial charge on any atom is -0.359 e. The minimum atomic E-state index is 0.0180. The first kappa shape index (κ1) is 21.1. The molecule has 1 N–H and O–H groups in total. The van der Waals surface area contributed by atoms with Gasteiger partial charge in [-0.15, -0.1) is 0 Å². The van der Waals surface area contributed by atoms with E-state index >= 15 is 0 Å². The Morgan fingerprint density at radius 3 is 1.69 bits per heavy atom. The van der Waals surface area contributed by atoms with Crippen molar-refractivity contribution < 1.29 is 0 Å². The molecule has 5 aromatic rings. The highest BCUT2D eigenvalue weighted by atomic mass is 15.3. The molecule has 0 saturated heterocycles. The number of nitrogens with one attached hydrogen (secondary N) is 1. The maximum Gasteiger partial charge on any atom is 0.130 e. The maximum absolute atomic E-state index is 3.75. The van der Waals surface area contributed by atoms with Crippen molar-refractivity contribution in [3.8, 4) is 0 Å². The molecule has 170 valence electrons. The van der Waals surface area contributed by atoms with Gasteiger partial charge in [0, 0.05) is 22.7 Å². The number of hydrogen-bond donors (Lipinski definition) is 1. The van der Waals surface area contributed by atoms with Gasteiger partial charge in [-0.25, -0.2) is 0 Å². The summed E-state index contributed by atoms with van der Waals surface area (Å²) in [5.74, 6) is 0. The Morgan fingerprint density at radius 2 is 1.06 bits per heavy atom. The summed E-state index contributed by atoms with van der Waals surface area (Å²) in [5, 5.41) is 3.75. The lowest BCUT2D eigenvalue weighted by Gasteiger charge is -2.30. The molecule has 6 rings (SSSR count). The number of hydrogen-bond acceptors (Lipinski definition) is 3. The third-order valence-corrected chi connectivity index (χ3v) is 6.58. The van der Waals surface area contributed by atoms with Gasteiger partial charge in [0.2, 0.25) is 0 Å². The third kappa shape index (κ3) is 3.91. The fourth-order valence-corrected chi connectivity index (χ4v) is 4.90. The minimum absolute atomic E-state index is 0.0180. The number of rotatable bonds is 5. The van der Waals surface area contributed by atoms with Crippen LogP contribution in [-0.4, -0.2) is 0 Å². The van der Waals surface area contributed by atoms with Gasteiger partial charge in [-0.05, 0) is 72.6 Å². The molecule has 3 nitrogen and oxygen atoms in total. The van der Waals surface area contributed by atoms with E-state index < -0.39 is 0 Å². The van der Waals surface area contributed by atoms with Crippen molar-refractivity contribution in [1.29, 1.82) is 0 Å². The number of aryl methyl sites for hydroxylation is 1. The summed E-state index contributed by atoms with van der Waals surface area (Å²) >= 11 is 0. The fourth-order valence-electron chi connectivity index (χ4n) is 4.90. The van der Waals surface area contributed by atoms with Crippen molar-refractivity contribution in [2.75, 3.05) is 15.1 Å². The van der Waals surface area contributed by atoms with E-state index in [9.17, 15) is 0 Å². The van der Waals surface area contributed by atoms with Crippen LogP contribution in [0.5, 0.6) is 0 Å². The van der Waals surface area contributed by atoms with E-state index in [0.717, 1.165) is 22.7 Å². The summed E-state index contributed by atoms with van der Waals surface area (Å²) in [5.41, 5.74) is 9.45. The maximum atomic E-state index is 3.75. The Bertz CT molecular complexity index is 1390. The summed E-state index contributed by atoms with van der Waals surface area (Å²) in [6, 6.07) is 47.1. The van der Waals surface area contributed by atoms with Crippen molar-refractivity contribution in [2.24, 2.45) is 0 Å². The van der Waals surface area contributed by atoms with Crippen LogP contribution < -0.4 is 15.1 Å². The van der Waals surface area contributed by atoms with E-state index in [0.29, 0.717) is 0 Å². The molecule has 1 aliphatic rings. The lowest BCUT2D eigenvalue weighted by atomic mass is 10.1. The Morgan fingerprint density at radius 1 is 0.543 bits per heavy atom. The van der Waals surface area contributed by atoms with E-state index in [4.69, 9.17) is 0 Å². The molecule has 35 heavy (non-hydrogen) atoms. The summed E-state index contributed by atoms with van der Waals surface area (Å²) in [6.07, 6.45) is 0.0180. The molecule has 0 bridgehead atoms. The molecule has 3 heteroatoms. The van der Waals surface area contributed by atoms with Gasteiger partial charge in [0.25, 0.3) is 0 Å². The highest BCUT2D eigenvalue weighted by molar-refractivity contribution is 5.84. The van der Waals surface area contributed by atoms with Crippen LogP contribution >= 0.6 is 0 Å². The zero-order valence-electron chi connectivity index (χ0n) is 19.7. The van der Waals surface area contributed by atoms with Crippen LogP contribution in [0.3, 0.4) is 0 Å². The van der Waals surface area contributed by atoms with Gasteiger partial charge in [-0.3, -0.25) is 0 Å². The Labute approximate surface area is 206 Å². The quantitative estimate of drug-likeness (QED) is 0.287. The van der Waals surface area contributed by atoms with Crippen LogP contribution in [0.4, 0.5) is 34.1 Å². The summed E-state index contributed by atoms with van der Waals surface area (Å²) in [6.45, 7) is 2.17. The Hall–Kier alpha value is -4.50. The normalized spacial score (nSPS) is 14.3. The highest BCUT2D eigenvalue weighted by Gasteiger charge is 2.31. The monoisotopic (exact) mass is 453 g/mol. The van der Waals surface area contributed by atoms with E-state index in [2.05, 4.69) is 156 Å². The van der Waals surface area contributed by atoms with Crippen LogP contribution in [0.2, 0.25) is 0 Å². The molecular weight excluding hydrogens is 426 g/mol. The van der Waals surface area contributed by atoms with E-state index in [-0.39, 0.29) is 6.17 Å². The zero-order valence-corrected chi connectivity index (χ0v) is 19.7. The first-order chi connectivity index (χ1) is 17.3. The van der Waals surface area contributed by atoms with Crippen LogP contribution in [0.1, 0.15) is 17.3 Å². The molecule has 1 atom stereocenters. The first-order valence-corrected chi connectivity index (χ1v) is 12.0. The number of fused-ring (bicyclic) bond motifs is 1. The van der Waals surface area contributed by atoms with Crippen molar-refractivity contribution in [3.63, 3.8) is 0 Å². The molecule has 1 unspecified atom stereocenters. The molecule has 1 heterocycles. The second-order valence-electron chi connectivity index (χ2n) is 8.82. The highest BCUT2D eigenvalue weighted by Crippen LogP contribution is 2.47. The van der Waals surface area contributed by atoms with Crippen molar-refractivity contribution in [3.05, 3.63) is 145 Å². The van der Waals surface area contributed by atoms with Gasteiger partial charge >= 0.3 is 0 Å². The molecule has 0 radical (unpaired) electrons. The number of anilines is 6. The molecule has 0 aliphatic carbocycles. The largest absolute Gasteiger partial charge is 0.359 e. The molecule has 0 aromatic heterocycles. The average molecular weight is 454 g/mol. The number of nitrogens with zero attached hydrogens (tertiary/aromatic N) is 2. The van der Waals surface area contributed by atoms with Gasteiger partial charge in [-0.1, -0.05) is 78.9 Å². The van der Waals surface area contributed by atoms with Crippen molar-refractivity contribution >= 4 is 34.1 Å². The van der Waals surface area contributed by atoms with Crippen molar-refractivity contribution in [2.45, 2.75) is 13.1 Å². The standard InChI is InChI=1S/C32H27N3/c1-24-12-8-10-18-30(24)35-31-19-11-9-17-29(31)33-32(35)25-20-22-28(23-21-25)34(26-13-4-2-5-14-26)27-15-6-3-7-16-27/h2-23,32-33H,1H3. The van der Waals surface area contributed by atoms with Gasteiger partial charge in [-0.2, -0.15) is 0 Å². The predicted molar refractivity (Wildman–Crippen MR) is 147 cm³/mol. The van der Waals surface area contributed by atoms with Crippen LogP contribution in [0.25, 0.3) is 0 Å². The van der Waals surface area contributed by atoms with E-state index in [1.165, 1.54) is 22.5 Å². The Balaban J connectivity index is 1.40. The van der Waals surface area contributed by atoms with Crippen LogP contribution in [-0.2, 0) is 0 Å². The predicted octanol–water partition coefficient (Wildman–Crippen LogP) is 8.73. The second-order valence-corrected chi connectivity index (χ2v) is 8.82. The van der Waals surface area contributed by atoms with E-state index in [1.807, 2.05) is 0 Å². The Kier molecular flexibility index (Phi) is 5.44. The molecule has 0 saturated carbocycles. The SMILES string of the molecule is Cc1ccccc1N1c2ccccc2NC1c1ccc(N(c2ccccc2)c2ccccc2)cc1. The number of para-hydroxylation sites is 5. The number of benzene rings is 5.